The number of rotatable bonds is 3. The summed E-state index contributed by atoms with van der Waals surface area (Å²) in [7, 11) is 0. The Morgan fingerprint density at radius 3 is 2.46 bits per heavy atom. The summed E-state index contributed by atoms with van der Waals surface area (Å²) in [5.41, 5.74) is 0.765. The van der Waals surface area contributed by atoms with E-state index in [9.17, 15) is 9.18 Å². The van der Waals surface area contributed by atoms with Gasteiger partial charge in [0.1, 0.15) is 24.1 Å². The minimum atomic E-state index is -0.993. The van der Waals surface area contributed by atoms with Crippen LogP contribution in [0.5, 0.6) is 0 Å². The van der Waals surface area contributed by atoms with E-state index < -0.39 is 36.2 Å². The van der Waals surface area contributed by atoms with Gasteiger partial charge in [0.15, 0.2) is 0 Å². The lowest BCUT2D eigenvalue weighted by Crippen LogP contribution is -2.50. The second kappa shape index (κ2) is 7.47. The maximum atomic E-state index is 14.0. The van der Waals surface area contributed by atoms with Crippen molar-refractivity contribution in [2.75, 3.05) is 6.67 Å². The molecule has 1 aromatic heterocycles. The molecule has 1 aliphatic rings. The van der Waals surface area contributed by atoms with E-state index in [1.54, 1.807) is 40.8 Å². The Balaban J connectivity index is 1.87. The molecule has 150 valence electrons. The Labute approximate surface area is 164 Å². The zero-order valence-corrected chi connectivity index (χ0v) is 16.8. The van der Waals surface area contributed by atoms with Crippen molar-refractivity contribution in [1.29, 1.82) is 0 Å². The van der Waals surface area contributed by atoms with E-state index in [1.807, 2.05) is 36.4 Å². The fraction of sp³-hybridized carbons (Fsp3) is 0.476. The van der Waals surface area contributed by atoms with E-state index in [-0.39, 0.29) is 0 Å². The van der Waals surface area contributed by atoms with Crippen molar-refractivity contribution in [1.82, 2.24) is 15.1 Å². The average Bonchev–Trinajstić information content (AvgIpc) is 2.92. The molecule has 0 radical (unpaired) electrons. The second-order valence-corrected chi connectivity index (χ2v) is 8.29. The molecule has 2 heterocycles. The van der Waals surface area contributed by atoms with Crippen LogP contribution in [-0.2, 0) is 9.47 Å². The first-order valence-electron chi connectivity index (χ1n) is 9.26. The number of nitrogens with zero attached hydrogens (tertiary/aromatic N) is 3. The molecule has 3 rings (SSSR count). The molecule has 0 saturated carbocycles. The Hall–Kier alpha value is -2.54. The zero-order valence-electron chi connectivity index (χ0n) is 16.8. The number of hydrogen-bond donors (Lipinski definition) is 0. The van der Waals surface area contributed by atoms with Crippen LogP contribution in [0.4, 0.5) is 9.18 Å². The number of aromatic nitrogens is 2. The molecule has 2 unspecified atom stereocenters. The van der Waals surface area contributed by atoms with Gasteiger partial charge in [0, 0.05) is 11.8 Å². The lowest BCUT2D eigenvalue weighted by molar-refractivity contribution is -0.0797. The summed E-state index contributed by atoms with van der Waals surface area (Å²) in [6.07, 6.45) is 0.436. The molecule has 6 nitrogen and oxygen atoms in total. The summed E-state index contributed by atoms with van der Waals surface area (Å²) in [6.45, 7) is 8.09. The SMILES string of the molecule is CC(C)(C)OC(=O)N1C(CF)C(c2ccc(-c3cccnn3)cc2)OC1(C)C. The van der Waals surface area contributed by atoms with Crippen LogP contribution in [0.15, 0.2) is 42.6 Å². The van der Waals surface area contributed by atoms with E-state index in [1.165, 1.54) is 4.90 Å². The molecule has 7 heteroatoms. The van der Waals surface area contributed by atoms with Crippen molar-refractivity contribution in [2.24, 2.45) is 0 Å². The van der Waals surface area contributed by atoms with Crippen molar-refractivity contribution >= 4 is 6.09 Å². The van der Waals surface area contributed by atoms with Gasteiger partial charge in [-0.1, -0.05) is 24.3 Å². The summed E-state index contributed by atoms with van der Waals surface area (Å²) in [5.74, 6) is 0. The van der Waals surface area contributed by atoms with Crippen LogP contribution >= 0.6 is 0 Å². The molecule has 1 aromatic carbocycles. The number of carbonyl (C=O) groups is 1. The summed E-state index contributed by atoms with van der Waals surface area (Å²) in [4.78, 5) is 14.1. The van der Waals surface area contributed by atoms with Crippen LogP contribution in [0.2, 0.25) is 0 Å². The van der Waals surface area contributed by atoms with E-state index in [0.717, 1.165) is 16.8 Å². The molecule has 0 N–H and O–H groups in total. The van der Waals surface area contributed by atoms with E-state index in [4.69, 9.17) is 9.47 Å². The quantitative estimate of drug-likeness (QED) is 0.774. The molecule has 1 amide bonds. The fourth-order valence-corrected chi connectivity index (χ4v) is 3.39. The average molecular weight is 387 g/mol. The molecule has 28 heavy (non-hydrogen) atoms. The van der Waals surface area contributed by atoms with Crippen LogP contribution in [0.3, 0.4) is 0 Å². The van der Waals surface area contributed by atoms with E-state index in [0.29, 0.717) is 0 Å². The smallest absolute Gasteiger partial charge is 0.413 e. The summed E-state index contributed by atoms with van der Waals surface area (Å²) < 4.78 is 25.6. The standard InChI is InChI=1S/C21H26FN3O3/c1-20(2,3)28-19(26)25-17(13-22)18(27-21(25,4)5)15-10-8-14(9-11-15)16-7-6-12-23-24-16/h6-12,17-18H,13H2,1-5H3. The van der Waals surface area contributed by atoms with Gasteiger partial charge in [-0.25, -0.2) is 9.18 Å². The van der Waals surface area contributed by atoms with Crippen LogP contribution < -0.4 is 0 Å². The Kier molecular flexibility index (Phi) is 5.39. The highest BCUT2D eigenvalue weighted by molar-refractivity contribution is 5.70. The number of carbonyl (C=O) groups excluding carboxylic acids is 1. The van der Waals surface area contributed by atoms with Gasteiger partial charge in [0.05, 0.1) is 11.7 Å². The summed E-state index contributed by atoms with van der Waals surface area (Å²) in [5, 5.41) is 7.97. The van der Waals surface area contributed by atoms with Gasteiger partial charge in [-0.3, -0.25) is 4.90 Å². The third kappa shape index (κ3) is 4.14. The number of benzene rings is 1. The van der Waals surface area contributed by atoms with Crippen molar-refractivity contribution in [2.45, 2.75) is 58.1 Å². The first-order valence-corrected chi connectivity index (χ1v) is 9.26. The van der Waals surface area contributed by atoms with Crippen LogP contribution in [0.1, 0.15) is 46.3 Å². The molecule has 2 aromatic rings. The fourth-order valence-electron chi connectivity index (χ4n) is 3.39. The minimum absolute atomic E-state index is 0.584. The normalized spacial score (nSPS) is 21.6. The monoisotopic (exact) mass is 387 g/mol. The first kappa shape index (κ1) is 20.2. The van der Waals surface area contributed by atoms with Gasteiger partial charge in [0.2, 0.25) is 0 Å². The van der Waals surface area contributed by atoms with Gasteiger partial charge in [0.25, 0.3) is 0 Å². The largest absolute Gasteiger partial charge is 0.444 e. The van der Waals surface area contributed by atoms with Crippen LogP contribution in [0.25, 0.3) is 11.3 Å². The van der Waals surface area contributed by atoms with Crippen molar-refractivity contribution < 1.29 is 18.7 Å². The Bertz CT molecular complexity index is 819. The molecular weight excluding hydrogens is 361 g/mol. The number of alkyl halides is 1. The highest BCUT2D eigenvalue weighted by atomic mass is 19.1. The predicted molar refractivity (Wildman–Crippen MR) is 103 cm³/mol. The maximum Gasteiger partial charge on any atom is 0.413 e. The molecule has 0 spiro atoms. The molecular formula is C21H26FN3O3. The van der Waals surface area contributed by atoms with Crippen molar-refractivity contribution in [3.63, 3.8) is 0 Å². The highest BCUT2D eigenvalue weighted by Gasteiger charge is 2.51. The van der Waals surface area contributed by atoms with E-state index in [2.05, 4.69) is 10.2 Å². The highest BCUT2D eigenvalue weighted by Crippen LogP contribution is 2.42. The number of amides is 1. The summed E-state index contributed by atoms with van der Waals surface area (Å²) >= 11 is 0. The van der Waals surface area contributed by atoms with Crippen LogP contribution in [-0.4, -0.2) is 45.2 Å². The molecule has 1 saturated heterocycles. The van der Waals surface area contributed by atoms with Gasteiger partial charge in [-0.05, 0) is 52.3 Å². The van der Waals surface area contributed by atoms with Crippen molar-refractivity contribution in [3.05, 3.63) is 48.2 Å². The Morgan fingerprint density at radius 2 is 1.93 bits per heavy atom. The zero-order chi connectivity index (χ0) is 20.5. The predicted octanol–water partition coefficient (Wildman–Crippen LogP) is 4.53. The minimum Gasteiger partial charge on any atom is -0.444 e. The molecule has 0 aliphatic carbocycles. The Morgan fingerprint density at radius 1 is 1.25 bits per heavy atom. The summed E-state index contributed by atoms with van der Waals surface area (Å²) in [6, 6.07) is 10.4. The third-order valence-electron chi connectivity index (χ3n) is 4.53. The molecule has 2 atom stereocenters. The van der Waals surface area contributed by atoms with Gasteiger partial charge in [-0.2, -0.15) is 10.2 Å². The third-order valence-corrected chi connectivity index (χ3v) is 4.53. The number of halogens is 1. The van der Waals surface area contributed by atoms with Gasteiger partial charge in [-0.15, -0.1) is 0 Å². The molecule has 1 fully saturated rings. The van der Waals surface area contributed by atoms with E-state index >= 15 is 0 Å². The first-order chi connectivity index (χ1) is 13.1. The second-order valence-electron chi connectivity index (χ2n) is 8.29. The van der Waals surface area contributed by atoms with Crippen molar-refractivity contribution in [3.8, 4) is 11.3 Å². The molecule has 0 bridgehead atoms. The van der Waals surface area contributed by atoms with Gasteiger partial charge < -0.3 is 9.47 Å². The van der Waals surface area contributed by atoms with Gasteiger partial charge >= 0.3 is 6.09 Å². The molecule has 1 aliphatic heterocycles. The topological polar surface area (TPSA) is 64.5 Å². The number of ether oxygens (including phenoxy) is 2. The maximum absolute atomic E-state index is 14.0. The number of hydrogen-bond acceptors (Lipinski definition) is 5. The van der Waals surface area contributed by atoms with Crippen LogP contribution in [0, 0.1) is 0 Å². The lowest BCUT2D eigenvalue weighted by atomic mass is 10.0. The lowest BCUT2D eigenvalue weighted by Gasteiger charge is -2.34.